The normalized spacial score (nSPS) is 11.0. The number of ether oxygens (including phenoxy) is 2. The molecule has 0 bridgehead atoms. The van der Waals surface area contributed by atoms with Gasteiger partial charge in [-0.1, -0.05) is 12.1 Å². The molecule has 5 heteroatoms. The quantitative estimate of drug-likeness (QED) is 0.659. The van der Waals surface area contributed by atoms with E-state index in [0.717, 1.165) is 17.0 Å². The van der Waals surface area contributed by atoms with Gasteiger partial charge in [-0.05, 0) is 48.9 Å². The molecule has 0 aromatic heterocycles. The second-order valence-electron chi connectivity index (χ2n) is 5.04. The third-order valence-corrected chi connectivity index (χ3v) is 3.32. The SMILES string of the molecule is COc1ccc(C/C(C)=N\NC(=O)c2ccc(OC)cc2)cc1. The van der Waals surface area contributed by atoms with Crippen molar-refractivity contribution in [3.05, 3.63) is 59.7 Å². The first-order valence-electron chi connectivity index (χ1n) is 7.23. The predicted molar refractivity (Wildman–Crippen MR) is 90.3 cm³/mol. The lowest BCUT2D eigenvalue weighted by molar-refractivity contribution is 0.0954. The third kappa shape index (κ3) is 4.85. The molecule has 23 heavy (non-hydrogen) atoms. The van der Waals surface area contributed by atoms with Crippen LogP contribution in [-0.4, -0.2) is 25.8 Å². The smallest absolute Gasteiger partial charge is 0.271 e. The Morgan fingerprint density at radius 3 is 2.00 bits per heavy atom. The van der Waals surface area contributed by atoms with Crippen molar-refractivity contribution < 1.29 is 14.3 Å². The minimum absolute atomic E-state index is 0.248. The van der Waals surface area contributed by atoms with Crippen LogP contribution >= 0.6 is 0 Å². The fraction of sp³-hybridized carbons (Fsp3) is 0.222. The van der Waals surface area contributed by atoms with Crippen LogP contribution in [0, 0.1) is 0 Å². The molecule has 0 radical (unpaired) electrons. The molecule has 0 fully saturated rings. The van der Waals surface area contributed by atoms with Gasteiger partial charge in [-0.3, -0.25) is 4.79 Å². The van der Waals surface area contributed by atoms with Crippen molar-refractivity contribution in [3.8, 4) is 11.5 Å². The van der Waals surface area contributed by atoms with Crippen LogP contribution < -0.4 is 14.9 Å². The number of carbonyl (C=O) groups excluding carboxylic acids is 1. The molecule has 0 saturated heterocycles. The Labute approximate surface area is 135 Å². The van der Waals surface area contributed by atoms with Crippen molar-refractivity contribution in [2.24, 2.45) is 5.10 Å². The zero-order valence-electron chi connectivity index (χ0n) is 13.5. The van der Waals surface area contributed by atoms with Crippen LogP contribution in [0.4, 0.5) is 0 Å². The Hall–Kier alpha value is -2.82. The Kier molecular flexibility index (Phi) is 5.74. The summed E-state index contributed by atoms with van der Waals surface area (Å²) in [6.07, 6.45) is 0.660. The lowest BCUT2D eigenvalue weighted by Gasteiger charge is -2.05. The standard InChI is InChI=1S/C18H20N2O3/c1-13(12-14-4-8-16(22-2)9-5-14)19-20-18(21)15-6-10-17(23-3)11-7-15/h4-11H,12H2,1-3H3,(H,20,21)/b19-13-. The van der Waals surface area contributed by atoms with E-state index in [-0.39, 0.29) is 5.91 Å². The average molecular weight is 312 g/mol. The number of benzene rings is 2. The highest BCUT2D eigenvalue weighted by Crippen LogP contribution is 2.12. The molecular formula is C18H20N2O3. The van der Waals surface area contributed by atoms with Gasteiger partial charge in [-0.15, -0.1) is 0 Å². The summed E-state index contributed by atoms with van der Waals surface area (Å²) < 4.78 is 10.2. The highest BCUT2D eigenvalue weighted by molar-refractivity contribution is 5.95. The van der Waals surface area contributed by atoms with Crippen LogP contribution in [0.25, 0.3) is 0 Å². The summed E-state index contributed by atoms with van der Waals surface area (Å²) in [5, 5.41) is 4.14. The maximum Gasteiger partial charge on any atom is 0.271 e. The minimum Gasteiger partial charge on any atom is -0.497 e. The zero-order valence-corrected chi connectivity index (χ0v) is 13.5. The summed E-state index contributed by atoms with van der Waals surface area (Å²) in [6, 6.07) is 14.6. The van der Waals surface area contributed by atoms with Gasteiger partial charge in [0.15, 0.2) is 0 Å². The molecule has 2 rings (SSSR count). The zero-order chi connectivity index (χ0) is 16.7. The van der Waals surface area contributed by atoms with Crippen LogP contribution in [0.5, 0.6) is 11.5 Å². The predicted octanol–water partition coefficient (Wildman–Crippen LogP) is 3.05. The summed E-state index contributed by atoms with van der Waals surface area (Å²) >= 11 is 0. The van der Waals surface area contributed by atoms with Crippen LogP contribution in [0.15, 0.2) is 53.6 Å². The first-order valence-corrected chi connectivity index (χ1v) is 7.23. The molecule has 2 aromatic rings. The second-order valence-corrected chi connectivity index (χ2v) is 5.04. The van der Waals surface area contributed by atoms with E-state index in [4.69, 9.17) is 9.47 Å². The first kappa shape index (κ1) is 16.5. The summed E-state index contributed by atoms with van der Waals surface area (Å²) in [6.45, 7) is 1.87. The van der Waals surface area contributed by atoms with E-state index >= 15 is 0 Å². The number of nitrogens with one attached hydrogen (secondary N) is 1. The Balaban J connectivity index is 1.93. The molecule has 5 nitrogen and oxygen atoms in total. The van der Waals surface area contributed by atoms with Crippen LogP contribution in [-0.2, 0) is 6.42 Å². The molecule has 0 spiro atoms. The summed E-state index contributed by atoms with van der Waals surface area (Å²) in [4.78, 5) is 12.0. The highest BCUT2D eigenvalue weighted by Gasteiger charge is 2.05. The number of carbonyl (C=O) groups is 1. The van der Waals surface area contributed by atoms with E-state index in [9.17, 15) is 4.79 Å². The topological polar surface area (TPSA) is 59.9 Å². The third-order valence-electron chi connectivity index (χ3n) is 3.32. The van der Waals surface area contributed by atoms with Gasteiger partial charge in [0.1, 0.15) is 11.5 Å². The number of rotatable bonds is 6. The molecule has 0 heterocycles. The molecule has 0 aliphatic rings. The van der Waals surface area contributed by atoms with Crippen molar-refractivity contribution in [1.29, 1.82) is 0 Å². The van der Waals surface area contributed by atoms with E-state index in [1.54, 1.807) is 38.5 Å². The molecule has 0 aliphatic heterocycles. The number of hydrogen-bond donors (Lipinski definition) is 1. The molecule has 120 valence electrons. The molecule has 0 saturated carbocycles. The maximum absolute atomic E-state index is 12.0. The van der Waals surface area contributed by atoms with Gasteiger partial charge >= 0.3 is 0 Å². The van der Waals surface area contributed by atoms with Crippen molar-refractivity contribution in [2.45, 2.75) is 13.3 Å². The molecule has 1 N–H and O–H groups in total. The van der Waals surface area contributed by atoms with Crippen molar-refractivity contribution >= 4 is 11.6 Å². The van der Waals surface area contributed by atoms with Crippen molar-refractivity contribution in [2.75, 3.05) is 14.2 Å². The summed E-state index contributed by atoms with van der Waals surface area (Å²) in [7, 11) is 3.22. The molecule has 2 aromatic carbocycles. The van der Waals surface area contributed by atoms with Crippen molar-refractivity contribution in [3.63, 3.8) is 0 Å². The lowest BCUT2D eigenvalue weighted by Crippen LogP contribution is -2.19. The van der Waals surface area contributed by atoms with Crippen LogP contribution in [0.3, 0.4) is 0 Å². The first-order chi connectivity index (χ1) is 11.1. The van der Waals surface area contributed by atoms with Gasteiger partial charge in [-0.25, -0.2) is 5.43 Å². The van der Waals surface area contributed by atoms with Gasteiger partial charge in [0.2, 0.25) is 0 Å². The van der Waals surface area contributed by atoms with Gasteiger partial charge < -0.3 is 9.47 Å². The van der Waals surface area contributed by atoms with Gasteiger partial charge in [0.05, 0.1) is 14.2 Å². The monoisotopic (exact) mass is 312 g/mol. The van der Waals surface area contributed by atoms with Gasteiger partial charge in [0, 0.05) is 17.7 Å². The lowest BCUT2D eigenvalue weighted by atomic mass is 10.1. The number of nitrogens with zero attached hydrogens (tertiary/aromatic N) is 1. The molecular weight excluding hydrogens is 292 g/mol. The van der Waals surface area contributed by atoms with Gasteiger partial charge in [0.25, 0.3) is 5.91 Å². The molecule has 0 atom stereocenters. The van der Waals surface area contributed by atoms with E-state index in [1.807, 2.05) is 31.2 Å². The maximum atomic E-state index is 12.0. The largest absolute Gasteiger partial charge is 0.497 e. The van der Waals surface area contributed by atoms with Crippen LogP contribution in [0.1, 0.15) is 22.8 Å². The fourth-order valence-electron chi connectivity index (χ4n) is 2.03. The second kappa shape index (κ2) is 7.98. The van der Waals surface area contributed by atoms with E-state index in [2.05, 4.69) is 10.5 Å². The van der Waals surface area contributed by atoms with Crippen LogP contribution in [0.2, 0.25) is 0 Å². The minimum atomic E-state index is -0.248. The highest BCUT2D eigenvalue weighted by atomic mass is 16.5. The van der Waals surface area contributed by atoms with Gasteiger partial charge in [-0.2, -0.15) is 5.10 Å². The average Bonchev–Trinajstić information content (AvgIpc) is 2.60. The molecule has 1 amide bonds. The van der Waals surface area contributed by atoms with E-state index in [0.29, 0.717) is 17.7 Å². The Morgan fingerprint density at radius 1 is 0.957 bits per heavy atom. The fourth-order valence-corrected chi connectivity index (χ4v) is 2.03. The Bertz CT molecular complexity index is 676. The summed E-state index contributed by atoms with van der Waals surface area (Å²) in [5.41, 5.74) is 5.02. The summed E-state index contributed by atoms with van der Waals surface area (Å²) in [5.74, 6) is 1.28. The molecule has 0 unspecified atom stereocenters. The van der Waals surface area contributed by atoms with E-state index in [1.165, 1.54) is 0 Å². The Morgan fingerprint density at radius 2 is 1.48 bits per heavy atom. The number of methoxy groups -OCH3 is 2. The van der Waals surface area contributed by atoms with E-state index < -0.39 is 0 Å². The number of amides is 1. The van der Waals surface area contributed by atoms with Crippen molar-refractivity contribution in [1.82, 2.24) is 5.43 Å². The molecule has 0 aliphatic carbocycles. The number of hydrazone groups is 1. The number of hydrogen-bond acceptors (Lipinski definition) is 4.